The number of hydrogen-bond donors (Lipinski definition) is 2. The lowest BCUT2D eigenvalue weighted by Gasteiger charge is -2.05. The molecule has 1 aromatic rings. The minimum atomic E-state index is -0.781. The van der Waals surface area contributed by atoms with Crippen molar-refractivity contribution in [3.05, 3.63) is 28.8 Å². The molecule has 74 valence electrons. The molecule has 3 heteroatoms. The monoisotopic (exact) mass is 191 g/mol. The second-order valence-corrected chi connectivity index (χ2v) is 3.83. The van der Waals surface area contributed by atoms with Crippen molar-refractivity contribution in [2.24, 2.45) is 0 Å². The number of benzene rings is 1. The van der Waals surface area contributed by atoms with Gasteiger partial charge in [-0.25, -0.2) is 4.79 Å². The molecule has 0 fully saturated rings. The Kier molecular flexibility index (Phi) is 1.95. The Labute approximate surface area is 82.8 Å². The molecule has 1 aliphatic rings. The third-order valence-electron chi connectivity index (χ3n) is 2.77. The first-order chi connectivity index (χ1) is 6.58. The summed E-state index contributed by atoms with van der Waals surface area (Å²) in [5.41, 5.74) is 4.50. The fourth-order valence-electron chi connectivity index (χ4n) is 1.79. The van der Waals surface area contributed by atoms with Gasteiger partial charge in [-0.2, -0.15) is 0 Å². The molecule has 3 nitrogen and oxygen atoms in total. The van der Waals surface area contributed by atoms with E-state index in [-0.39, 0.29) is 0 Å². The van der Waals surface area contributed by atoms with E-state index >= 15 is 0 Å². The second kappa shape index (κ2) is 3.01. The second-order valence-electron chi connectivity index (χ2n) is 3.83. The quantitative estimate of drug-likeness (QED) is 0.710. The minimum Gasteiger partial charge on any atom is -0.480 e. The van der Waals surface area contributed by atoms with Gasteiger partial charge in [0.05, 0.1) is 0 Å². The van der Waals surface area contributed by atoms with Crippen LogP contribution in [-0.2, 0) is 11.2 Å². The molecule has 0 radical (unpaired) electrons. The minimum absolute atomic E-state index is 0.453. The highest BCUT2D eigenvalue weighted by Gasteiger charge is 2.26. The molecule has 1 aromatic carbocycles. The summed E-state index contributed by atoms with van der Waals surface area (Å²) >= 11 is 0. The Morgan fingerprint density at radius 2 is 2.07 bits per heavy atom. The normalized spacial score (nSPS) is 18.9. The number of carboxylic acids is 1. The first-order valence-electron chi connectivity index (χ1n) is 4.67. The SMILES string of the molecule is Cc1cc2c(cc1C)NC(C(=O)O)C2. The summed E-state index contributed by atoms with van der Waals surface area (Å²) in [6.45, 7) is 4.08. The molecule has 1 aliphatic heterocycles. The molecule has 1 unspecified atom stereocenters. The van der Waals surface area contributed by atoms with E-state index < -0.39 is 12.0 Å². The molecule has 0 spiro atoms. The van der Waals surface area contributed by atoms with Gasteiger partial charge in [-0.3, -0.25) is 0 Å². The van der Waals surface area contributed by atoms with Crippen molar-refractivity contribution in [1.82, 2.24) is 0 Å². The summed E-state index contributed by atoms with van der Waals surface area (Å²) in [6.07, 6.45) is 0.589. The third kappa shape index (κ3) is 1.35. The van der Waals surface area contributed by atoms with Gasteiger partial charge in [0.2, 0.25) is 0 Å². The van der Waals surface area contributed by atoms with Crippen molar-refractivity contribution < 1.29 is 9.90 Å². The van der Waals surface area contributed by atoms with Gasteiger partial charge in [-0.05, 0) is 36.6 Å². The number of hydrogen-bond acceptors (Lipinski definition) is 2. The van der Waals surface area contributed by atoms with E-state index in [9.17, 15) is 4.79 Å². The van der Waals surface area contributed by atoms with Crippen LogP contribution in [0, 0.1) is 13.8 Å². The van der Waals surface area contributed by atoms with Gasteiger partial charge in [0.25, 0.3) is 0 Å². The van der Waals surface area contributed by atoms with Crippen LogP contribution in [0.2, 0.25) is 0 Å². The van der Waals surface area contributed by atoms with Crippen LogP contribution in [0.15, 0.2) is 12.1 Å². The standard InChI is InChI=1S/C11H13NO2/c1-6-3-8-5-10(11(13)14)12-9(8)4-7(6)2/h3-4,10,12H,5H2,1-2H3,(H,13,14). The number of aliphatic carboxylic acids is 1. The maximum Gasteiger partial charge on any atom is 0.326 e. The smallest absolute Gasteiger partial charge is 0.326 e. The van der Waals surface area contributed by atoms with Crippen LogP contribution in [0.4, 0.5) is 5.69 Å². The van der Waals surface area contributed by atoms with Gasteiger partial charge in [0.1, 0.15) is 6.04 Å². The van der Waals surface area contributed by atoms with Crippen LogP contribution >= 0.6 is 0 Å². The zero-order valence-electron chi connectivity index (χ0n) is 8.29. The average Bonchev–Trinajstić information content (AvgIpc) is 2.48. The first kappa shape index (κ1) is 9.06. The lowest BCUT2D eigenvalue weighted by molar-refractivity contribution is -0.137. The highest BCUT2D eigenvalue weighted by molar-refractivity contribution is 5.81. The van der Waals surface area contributed by atoms with Gasteiger partial charge < -0.3 is 10.4 Å². The fraction of sp³-hybridized carbons (Fsp3) is 0.364. The lowest BCUT2D eigenvalue weighted by Crippen LogP contribution is -2.26. The number of carbonyl (C=O) groups is 1. The Morgan fingerprint density at radius 1 is 1.43 bits per heavy atom. The van der Waals surface area contributed by atoms with Gasteiger partial charge in [-0.1, -0.05) is 6.07 Å². The largest absolute Gasteiger partial charge is 0.480 e. The zero-order valence-corrected chi connectivity index (χ0v) is 8.29. The van der Waals surface area contributed by atoms with Gasteiger partial charge >= 0.3 is 5.97 Å². The number of nitrogens with one attached hydrogen (secondary N) is 1. The predicted molar refractivity (Wildman–Crippen MR) is 54.7 cm³/mol. The predicted octanol–water partition coefficient (Wildman–Crippen LogP) is 1.72. The molecule has 0 bridgehead atoms. The molecule has 14 heavy (non-hydrogen) atoms. The number of carboxylic acid groups (broad SMARTS) is 1. The van der Waals surface area contributed by atoms with Crippen LogP contribution < -0.4 is 5.32 Å². The Bertz CT molecular complexity index is 368. The molecular formula is C11H13NO2. The molecule has 0 saturated carbocycles. The van der Waals surface area contributed by atoms with E-state index in [4.69, 9.17) is 5.11 Å². The van der Waals surface area contributed by atoms with E-state index in [2.05, 4.69) is 11.4 Å². The molecule has 0 aliphatic carbocycles. The summed E-state index contributed by atoms with van der Waals surface area (Å²) in [4.78, 5) is 10.8. The Hall–Kier alpha value is -1.51. The van der Waals surface area contributed by atoms with E-state index in [1.165, 1.54) is 11.1 Å². The van der Waals surface area contributed by atoms with Crippen LogP contribution in [-0.4, -0.2) is 17.1 Å². The molecule has 0 amide bonds. The fourth-order valence-corrected chi connectivity index (χ4v) is 1.79. The highest BCUT2D eigenvalue weighted by atomic mass is 16.4. The molecule has 1 heterocycles. The molecular weight excluding hydrogens is 178 g/mol. The summed E-state index contributed by atoms with van der Waals surface area (Å²) in [6, 6.07) is 3.64. The third-order valence-corrected chi connectivity index (χ3v) is 2.77. The van der Waals surface area contributed by atoms with Crippen molar-refractivity contribution in [2.75, 3.05) is 5.32 Å². The zero-order chi connectivity index (χ0) is 10.3. The van der Waals surface area contributed by atoms with Crippen molar-refractivity contribution in [1.29, 1.82) is 0 Å². The van der Waals surface area contributed by atoms with Crippen LogP contribution in [0.1, 0.15) is 16.7 Å². The molecule has 2 rings (SSSR count). The van der Waals surface area contributed by atoms with Gasteiger partial charge in [-0.15, -0.1) is 0 Å². The van der Waals surface area contributed by atoms with E-state index in [0.29, 0.717) is 6.42 Å². The lowest BCUT2D eigenvalue weighted by atomic mass is 10.0. The average molecular weight is 191 g/mol. The van der Waals surface area contributed by atoms with Crippen molar-refractivity contribution in [3.8, 4) is 0 Å². The van der Waals surface area contributed by atoms with Crippen LogP contribution in [0.5, 0.6) is 0 Å². The van der Waals surface area contributed by atoms with Crippen molar-refractivity contribution in [3.63, 3.8) is 0 Å². The maximum absolute atomic E-state index is 10.8. The van der Waals surface area contributed by atoms with Gasteiger partial charge in [0.15, 0.2) is 0 Å². The maximum atomic E-state index is 10.8. The Morgan fingerprint density at radius 3 is 2.71 bits per heavy atom. The van der Waals surface area contributed by atoms with E-state index in [0.717, 1.165) is 11.3 Å². The molecule has 0 aromatic heterocycles. The number of rotatable bonds is 1. The summed E-state index contributed by atoms with van der Waals surface area (Å²) in [7, 11) is 0. The van der Waals surface area contributed by atoms with Crippen LogP contribution in [0.3, 0.4) is 0 Å². The molecule has 0 saturated heterocycles. The number of fused-ring (bicyclic) bond motifs is 1. The topological polar surface area (TPSA) is 49.3 Å². The Balaban J connectivity index is 2.36. The van der Waals surface area contributed by atoms with E-state index in [1.54, 1.807) is 0 Å². The van der Waals surface area contributed by atoms with Crippen LogP contribution in [0.25, 0.3) is 0 Å². The number of aryl methyl sites for hydroxylation is 2. The summed E-state index contributed by atoms with van der Waals surface area (Å²) in [5, 5.41) is 11.9. The van der Waals surface area contributed by atoms with Crippen molar-refractivity contribution >= 4 is 11.7 Å². The highest BCUT2D eigenvalue weighted by Crippen LogP contribution is 2.28. The number of anilines is 1. The summed E-state index contributed by atoms with van der Waals surface area (Å²) in [5.74, 6) is -0.781. The van der Waals surface area contributed by atoms with Crippen molar-refractivity contribution in [2.45, 2.75) is 26.3 Å². The first-order valence-corrected chi connectivity index (χ1v) is 4.67. The van der Waals surface area contributed by atoms with Gasteiger partial charge in [0, 0.05) is 12.1 Å². The molecule has 2 N–H and O–H groups in total. The van der Waals surface area contributed by atoms with E-state index in [1.807, 2.05) is 19.9 Å². The summed E-state index contributed by atoms with van der Waals surface area (Å²) < 4.78 is 0. The molecule has 1 atom stereocenters.